The van der Waals surface area contributed by atoms with Crippen LogP contribution in [0.5, 0.6) is 0 Å². The summed E-state index contributed by atoms with van der Waals surface area (Å²) in [5, 5.41) is 15.1. The van der Waals surface area contributed by atoms with Crippen LogP contribution in [0.15, 0.2) is 30.5 Å². The second kappa shape index (κ2) is 14.9. The van der Waals surface area contributed by atoms with E-state index >= 15 is 0 Å². The van der Waals surface area contributed by atoms with Crippen LogP contribution in [0.25, 0.3) is 10.9 Å². The quantitative estimate of drug-likeness (QED) is 0.181. The highest BCUT2D eigenvalue weighted by Crippen LogP contribution is 2.19. The Labute approximate surface area is 211 Å². The Hall–Kier alpha value is -3.40. The number of aromatic nitrogens is 1. The van der Waals surface area contributed by atoms with Crippen molar-refractivity contribution in [3.63, 3.8) is 0 Å². The average molecular weight is 502 g/mol. The summed E-state index contributed by atoms with van der Waals surface area (Å²) < 4.78 is 0. The number of nitrogens with two attached hydrogens (primary N) is 2. The molecular formula is C26H39N5O5. The first kappa shape index (κ1) is 28.8. The lowest BCUT2D eigenvalue weighted by atomic mass is 10.0. The molecule has 0 bridgehead atoms. The maximum atomic E-state index is 13.2. The van der Waals surface area contributed by atoms with E-state index in [2.05, 4.69) is 22.5 Å². The zero-order valence-corrected chi connectivity index (χ0v) is 20.9. The van der Waals surface area contributed by atoms with Crippen LogP contribution in [0.1, 0.15) is 70.3 Å². The van der Waals surface area contributed by atoms with Crippen molar-refractivity contribution in [3.8, 4) is 0 Å². The van der Waals surface area contributed by atoms with Crippen molar-refractivity contribution >= 4 is 34.6 Å². The van der Waals surface area contributed by atoms with E-state index in [1.54, 1.807) is 6.20 Å². The van der Waals surface area contributed by atoms with Crippen molar-refractivity contribution in [1.82, 2.24) is 15.6 Å². The number of carboxylic acid groups (broad SMARTS) is 1. The number of nitrogens with one attached hydrogen (secondary N) is 3. The molecule has 1 aromatic carbocycles. The molecule has 0 aliphatic rings. The van der Waals surface area contributed by atoms with Gasteiger partial charge in [0.1, 0.15) is 12.1 Å². The molecule has 10 heteroatoms. The molecule has 0 saturated heterocycles. The van der Waals surface area contributed by atoms with Crippen LogP contribution >= 0.6 is 0 Å². The average Bonchev–Trinajstić information content (AvgIpc) is 3.25. The van der Waals surface area contributed by atoms with Gasteiger partial charge in [-0.05, 0) is 24.5 Å². The van der Waals surface area contributed by atoms with Crippen LogP contribution < -0.4 is 22.1 Å². The Kier molecular flexibility index (Phi) is 11.9. The number of unbranched alkanes of at least 4 members (excludes halogenated alkanes) is 5. The van der Waals surface area contributed by atoms with Gasteiger partial charge in [-0.3, -0.25) is 19.2 Å². The van der Waals surface area contributed by atoms with Gasteiger partial charge in [-0.25, -0.2) is 0 Å². The highest BCUT2D eigenvalue weighted by Gasteiger charge is 2.28. The number of H-pyrrole nitrogens is 1. The molecule has 198 valence electrons. The minimum Gasteiger partial charge on any atom is -0.481 e. The molecule has 3 amide bonds. The van der Waals surface area contributed by atoms with Crippen molar-refractivity contribution in [2.75, 3.05) is 0 Å². The van der Waals surface area contributed by atoms with Gasteiger partial charge in [0.05, 0.1) is 6.04 Å². The molecule has 0 radical (unpaired) electrons. The van der Waals surface area contributed by atoms with Gasteiger partial charge in [0.25, 0.3) is 0 Å². The molecular weight excluding hydrogens is 462 g/mol. The van der Waals surface area contributed by atoms with Crippen LogP contribution in [0.4, 0.5) is 0 Å². The van der Waals surface area contributed by atoms with Gasteiger partial charge in [0.15, 0.2) is 0 Å². The number of para-hydroxylation sites is 1. The van der Waals surface area contributed by atoms with Crippen molar-refractivity contribution < 1.29 is 24.3 Å². The highest BCUT2D eigenvalue weighted by atomic mass is 16.4. The van der Waals surface area contributed by atoms with E-state index in [9.17, 15) is 19.2 Å². The topological polar surface area (TPSA) is 180 Å². The Morgan fingerprint density at radius 3 is 2.31 bits per heavy atom. The molecule has 2 rings (SSSR count). The van der Waals surface area contributed by atoms with Gasteiger partial charge in [0, 0.05) is 29.9 Å². The molecule has 2 aromatic rings. The molecule has 36 heavy (non-hydrogen) atoms. The summed E-state index contributed by atoms with van der Waals surface area (Å²) in [5.41, 5.74) is 13.2. The summed E-state index contributed by atoms with van der Waals surface area (Å²) in [6.45, 7) is 2.13. The Morgan fingerprint density at radius 2 is 1.61 bits per heavy atom. The fourth-order valence-corrected chi connectivity index (χ4v) is 4.10. The lowest BCUT2D eigenvalue weighted by Crippen LogP contribution is -2.55. The van der Waals surface area contributed by atoms with Gasteiger partial charge >= 0.3 is 5.97 Å². The number of benzene rings is 1. The maximum Gasteiger partial charge on any atom is 0.303 e. The molecule has 0 aliphatic carbocycles. The predicted molar refractivity (Wildman–Crippen MR) is 138 cm³/mol. The molecule has 0 spiro atoms. The Balaban J connectivity index is 2.07. The summed E-state index contributed by atoms with van der Waals surface area (Å²) >= 11 is 0. The molecule has 8 N–H and O–H groups in total. The number of aliphatic carboxylic acids is 1. The van der Waals surface area contributed by atoms with E-state index in [1.165, 1.54) is 0 Å². The lowest BCUT2D eigenvalue weighted by molar-refractivity contribution is -0.137. The monoisotopic (exact) mass is 501 g/mol. The van der Waals surface area contributed by atoms with E-state index in [1.807, 2.05) is 24.3 Å². The van der Waals surface area contributed by atoms with Gasteiger partial charge < -0.3 is 32.2 Å². The second-order valence-corrected chi connectivity index (χ2v) is 9.18. The number of hydrogen-bond acceptors (Lipinski definition) is 5. The second-order valence-electron chi connectivity index (χ2n) is 9.18. The number of amides is 3. The zero-order valence-electron chi connectivity index (χ0n) is 20.9. The molecule has 1 unspecified atom stereocenters. The van der Waals surface area contributed by atoms with Crippen molar-refractivity contribution in [1.29, 1.82) is 0 Å². The maximum absolute atomic E-state index is 13.2. The third kappa shape index (κ3) is 9.33. The summed E-state index contributed by atoms with van der Waals surface area (Å²) in [6, 6.07) is 4.67. The number of carboxylic acids is 1. The fraction of sp³-hybridized carbons (Fsp3) is 0.538. The number of fused-ring (bicyclic) bond motifs is 1. The fourth-order valence-electron chi connectivity index (χ4n) is 4.10. The van der Waals surface area contributed by atoms with E-state index in [-0.39, 0.29) is 19.3 Å². The molecule has 1 aromatic heterocycles. The van der Waals surface area contributed by atoms with Gasteiger partial charge in [-0.2, -0.15) is 0 Å². The van der Waals surface area contributed by atoms with Gasteiger partial charge in [-0.15, -0.1) is 0 Å². The van der Waals surface area contributed by atoms with Crippen molar-refractivity contribution in [3.05, 3.63) is 36.0 Å². The number of hydrogen-bond donors (Lipinski definition) is 6. The third-order valence-electron chi connectivity index (χ3n) is 6.24. The first-order chi connectivity index (χ1) is 17.2. The summed E-state index contributed by atoms with van der Waals surface area (Å²) in [7, 11) is 0. The van der Waals surface area contributed by atoms with Crippen LogP contribution in [-0.2, 0) is 25.6 Å². The summed E-state index contributed by atoms with van der Waals surface area (Å²) in [6.07, 6.45) is 8.06. The number of aromatic amines is 1. The molecule has 1 heterocycles. The van der Waals surface area contributed by atoms with E-state index in [0.717, 1.165) is 48.6 Å². The molecule has 3 atom stereocenters. The first-order valence-corrected chi connectivity index (χ1v) is 12.6. The van der Waals surface area contributed by atoms with Crippen LogP contribution in [0, 0.1) is 0 Å². The number of carbonyl (C=O) groups is 4. The van der Waals surface area contributed by atoms with E-state index < -0.39 is 41.8 Å². The smallest absolute Gasteiger partial charge is 0.303 e. The molecule has 0 fully saturated rings. The van der Waals surface area contributed by atoms with E-state index in [0.29, 0.717) is 12.8 Å². The minimum atomic E-state index is -1.06. The largest absolute Gasteiger partial charge is 0.481 e. The zero-order chi connectivity index (χ0) is 26.5. The van der Waals surface area contributed by atoms with Crippen LogP contribution in [0.2, 0.25) is 0 Å². The summed E-state index contributed by atoms with van der Waals surface area (Å²) in [5.74, 6) is -2.86. The van der Waals surface area contributed by atoms with Crippen molar-refractivity contribution in [2.45, 2.75) is 89.3 Å². The van der Waals surface area contributed by atoms with Gasteiger partial charge in [0.2, 0.25) is 17.7 Å². The standard InChI is InChI=1S/C26H39N5O5/c1-2-3-4-5-6-7-12-21(30-25(35)19(27)13-14-23(32)33)26(36)31-22(24(28)34)15-17-16-29-20-11-9-8-10-18(17)20/h8-11,16,19,21-22,29H,2-7,12-15,27H2,1H3,(H2,28,34)(H,30,35)(H,31,36)(H,32,33)/t19-,21?,22-/m0/s1. The third-order valence-corrected chi connectivity index (χ3v) is 6.24. The molecule has 0 saturated carbocycles. The summed E-state index contributed by atoms with van der Waals surface area (Å²) in [4.78, 5) is 51.9. The lowest BCUT2D eigenvalue weighted by Gasteiger charge is -2.23. The molecule has 0 aliphatic heterocycles. The van der Waals surface area contributed by atoms with Crippen LogP contribution in [0.3, 0.4) is 0 Å². The Bertz CT molecular complexity index is 1020. The predicted octanol–water partition coefficient (Wildman–Crippen LogP) is 2.11. The van der Waals surface area contributed by atoms with Crippen molar-refractivity contribution in [2.24, 2.45) is 11.5 Å². The van der Waals surface area contributed by atoms with E-state index in [4.69, 9.17) is 16.6 Å². The number of rotatable bonds is 17. The minimum absolute atomic E-state index is 0.0446. The number of primary amides is 1. The highest BCUT2D eigenvalue weighted by molar-refractivity contribution is 5.93. The van der Waals surface area contributed by atoms with Gasteiger partial charge in [-0.1, -0.05) is 63.6 Å². The molecule has 10 nitrogen and oxygen atoms in total. The normalized spacial score (nSPS) is 13.6. The Morgan fingerprint density at radius 1 is 0.944 bits per heavy atom. The first-order valence-electron chi connectivity index (χ1n) is 12.6. The SMILES string of the molecule is CCCCCCCCC(NC(=O)[C@@H](N)CCC(=O)O)C(=O)N[C@@H](Cc1c[nH]c2ccccc12)C(N)=O. The van der Waals surface area contributed by atoms with Crippen LogP contribution in [-0.4, -0.2) is 51.9 Å². The number of carbonyl (C=O) groups excluding carboxylic acids is 3.